The summed E-state index contributed by atoms with van der Waals surface area (Å²) in [6, 6.07) is 9.28. The molecule has 20 heavy (non-hydrogen) atoms. The standard InChI is InChI=1S/C15H18N2O3/c1-12(2)15(20)16-17(10-11-18)14(19)9-8-13-6-4-3-5-7-13/h3-9,11-12H,10H2,1-2H3,(H,16,20). The van der Waals surface area contributed by atoms with E-state index in [1.54, 1.807) is 19.9 Å². The second kappa shape index (κ2) is 7.89. The first-order chi connectivity index (χ1) is 9.54. The molecule has 0 unspecified atom stereocenters. The molecule has 106 valence electrons. The van der Waals surface area contributed by atoms with Crippen LogP contribution in [0.4, 0.5) is 0 Å². The molecule has 1 aromatic carbocycles. The summed E-state index contributed by atoms with van der Waals surface area (Å²) in [7, 11) is 0. The lowest BCUT2D eigenvalue weighted by Gasteiger charge is -2.20. The number of rotatable bonds is 5. The van der Waals surface area contributed by atoms with Crippen LogP contribution in [0.3, 0.4) is 0 Å². The van der Waals surface area contributed by atoms with Crippen molar-refractivity contribution in [2.45, 2.75) is 13.8 Å². The Kier molecular flexibility index (Phi) is 6.16. The monoisotopic (exact) mass is 274 g/mol. The van der Waals surface area contributed by atoms with E-state index in [-0.39, 0.29) is 18.4 Å². The molecule has 0 saturated carbocycles. The van der Waals surface area contributed by atoms with Crippen LogP contribution in [0, 0.1) is 5.92 Å². The van der Waals surface area contributed by atoms with Crippen LogP contribution in [0.25, 0.3) is 6.08 Å². The molecule has 0 radical (unpaired) electrons. The van der Waals surface area contributed by atoms with Crippen LogP contribution in [0.1, 0.15) is 19.4 Å². The third-order valence-corrected chi connectivity index (χ3v) is 2.51. The highest BCUT2D eigenvalue weighted by Gasteiger charge is 2.15. The molecule has 1 aromatic rings. The predicted octanol–water partition coefficient (Wildman–Crippen LogP) is 1.41. The summed E-state index contributed by atoms with van der Waals surface area (Å²) in [6.45, 7) is 3.23. The van der Waals surface area contributed by atoms with Gasteiger partial charge in [0.25, 0.3) is 5.91 Å². The lowest BCUT2D eigenvalue weighted by molar-refractivity contribution is -0.140. The van der Waals surface area contributed by atoms with Crippen molar-refractivity contribution in [2.75, 3.05) is 6.54 Å². The van der Waals surface area contributed by atoms with Crippen LogP contribution in [0.5, 0.6) is 0 Å². The Morgan fingerprint density at radius 2 is 1.90 bits per heavy atom. The van der Waals surface area contributed by atoms with E-state index in [1.165, 1.54) is 6.08 Å². The number of benzene rings is 1. The van der Waals surface area contributed by atoms with Gasteiger partial charge in [-0.2, -0.15) is 0 Å². The minimum Gasteiger partial charge on any atom is -0.301 e. The first-order valence-corrected chi connectivity index (χ1v) is 6.33. The average molecular weight is 274 g/mol. The van der Waals surface area contributed by atoms with Crippen LogP contribution >= 0.6 is 0 Å². The molecule has 0 aliphatic carbocycles. The van der Waals surface area contributed by atoms with E-state index in [0.29, 0.717) is 6.29 Å². The van der Waals surface area contributed by atoms with Crippen LogP contribution in [-0.4, -0.2) is 29.7 Å². The van der Waals surface area contributed by atoms with Crippen molar-refractivity contribution in [2.24, 2.45) is 5.92 Å². The van der Waals surface area contributed by atoms with Crippen molar-refractivity contribution in [1.29, 1.82) is 0 Å². The predicted molar refractivity (Wildman–Crippen MR) is 76.2 cm³/mol. The molecular formula is C15H18N2O3. The second-order valence-electron chi connectivity index (χ2n) is 4.49. The summed E-state index contributed by atoms with van der Waals surface area (Å²) in [5, 5.41) is 0.995. The smallest absolute Gasteiger partial charge is 0.265 e. The molecule has 0 saturated heterocycles. The molecular weight excluding hydrogens is 256 g/mol. The van der Waals surface area contributed by atoms with Crippen molar-refractivity contribution < 1.29 is 14.4 Å². The van der Waals surface area contributed by atoms with E-state index in [4.69, 9.17) is 0 Å². The Morgan fingerprint density at radius 3 is 2.45 bits per heavy atom. The zero-order valence-electron chi connectivity index (χ0n) is 11.6. The maximum atomic E-state index is 11.9. The number of carbonyl (C=O) groups is 3. The minimum absolute atomic E-state index is 0.184. The molecule has 0 aliphatic heterocycles. The van der Waals surface area contributed by atoms with Crippen molar-refractivity contribution >= 4 is 24.2 Å². The number of nitrogens with one attached hydrogen (secondary N) is 1. The van der Waals surface area contributed by atoms with E-state index in [0.717, 1.165) is 10.6 Å². The molecule has 0 aliphatic rings. The first-order valence-electron chi connectivity index (χ1n) is 6.33. The van der Waals surface area contributed by atoms with Gasteiger partial charge in [-0.15, -0.1) is 0 Å². The van der Waals surface area contributed by atoms with Gasteiger partial charge in [-0.1, -0.05) is 44.2 Å². The topological polar surface area (TPSA) is 66.5 Å². The van der Waals surface area contributed by atoms with Crippen molar-refractivity contribution in [3.8, 4) is 0 Å². The maximum absolute atomic E-state index is 11.9. The molecule has 2 amide bonds. The molecule has 0 aromatic heterocycles. The van der Waals surface area contributed by atoms with Crippen LogP contribution < -0.4 is 5.43 Å². The number of hydrogen-bond acceptors (Lipinski definition) is 3. The summed E-state index contributed by atoms with van der Waals surface area (Å²) < 4.78 is 0. The molecule has 5 nitrogen and oxygen atoms in total. The number of aldehydes is 1. The number of hydrogen-bond donors (Lipinski definition) is 1. The van der Waals surface area contributed by atoms with Crippen molar-refractivity contribution in [1.82, 2.24) is 10.4 Å². The third kappa shape index (κ3) is 5.06. The molecule has 0 fully saturated rings. The van der Waals surface area contributed by atoms with Crippen molar-refractivity contribution in [3.05, 3.63) is 42.0 Å². The average Bonchev–Trinajstić information content (AvgIpc) is 2.45. The summed E-state index contributed by atoms with van der Waals surface area (Å²) in [6.07, 6.45) is 3.51. The van der Waals surface area contributed by atoms with Crippen LogP contribution in [0.15, 0.2) is 36.4 Å². The molecule has 0 bridgehead atoms. The quantitative estimate of drug-likeness (QED) is 0.501. The lowest BCUT2D eigenvalue weighted by atomic mass is 10.2. The van der Waals surface area contributed by atoms with Gasteiger partial charge in [0, 0.05) is 12.0 Å². The van der Waals surface area contributed by atoms with Gasteiger partial charge >= 0.3 is 0 Å². The van der Waals surface area contributed by atoms with E-state index in [2.05, 4.69) is 5.43 Å². The first kappa shape index (κ1) is 15.6. The van der Waals surface area contributed by atoms with Gasteiger partial charge in [0.05, 0.1) is 6.54 Å². The molecule has 0 spiro atoms. The summed E-state index contributed by atoms with van der Waals surface area (Å²) >= 11 is 0. The van der Waals surface area contributed by atoms with Gasteiger partial charge in [-0.3, -0.25) is 15.0 Å². The lowest BCUT2D eigenvalue weighted by Crippen LogP contribution is -2.47. The summed E-state index contributed by atoms with van der Waals surface area (Å²) in [5.41, 5.74) is 3.28. The second-order valence-corrected chi connectivity index (χ2v) is 4.49. The molecule has 1 N–H and O–H groups in total. The Balaban J connectivity index is 2.71. The van der Waals surface area contributed by atoms with Gasteiger partial charge in [-0.25, -0.2) is 5.01 Å². The number of amides is 2. The molecule has 1 rings (SSSR count). The summed E-state index contributed by atoms with van der Waals surface area (Å²) in [5.74, 6) is -1.03. The Hall–Kier alpha value is -2.43. The SMILES string of the molecule is CC(C)C(=O)NN(CC=O)C(=O)C=Cc1ccccc1. The zero-order valence-corrected chi connectivity index (χ0v) is 11.6. The van der Waals surface area contributed by atoms with Gasteiger partial charge in [0.2, 0.25) is 5.91 Å². The highest BCUT2D eigenvalue weighted by atomic mass is 16.2. The van der Waals surface area contributed by atoms with Crippen molar-refractivity contribution in [3.63, 3.8) is 0 Å². The Morgan fingerprint density at radius 1 is 1.25 bits per heavy atom. The normalized spacial score (nSPS) is 10.6. The zero-order chi connectivity index (χ0) is 15.0. The van der Waals surface area contributed by atoms with E-state index in [1.807, 2.05) is 30.3 Å². The number of carbonyl (C=O) groups excluding carboxylic acids is 3. The fourth-order valence-corrected chi connectivity index (χ4v) is 1.35. The van der Waals surface area contributed by atoms with Gasteiger partial charge in [0.15, 0.2) is 0 Å². The fourth-order valence-electron chi connectivity index (χ4n) is 1.35. The Labute approximate surface area is 118 Å². The molecule has 0 heterocycles. The molecule has 0 atom stereocenters. The van der Waals surface area contributed by atoms with E-state index >= 15 is 0 Å². The minimum atomic E-state index is -0.449. The largest absolute Gasteiger partial charge is 0.301 e. The van der Waals surface area contributed by atoms with E-state index < -0.39 is 5.91 Å². The number of nitrogens with zero attached hydrogens (tertiary/aromatic N) is 1. The van der Waals surface area contributed by atoms with Crippen LogP contribution in [0.2, 0.25) is 0 Å². The third-order valence-electron chi connectivity index (χ3n) is 2.51. The van der Waals surface area contributed by atoms with Gasteiger partial charge < -0.3 is 4.79 Å². The fraction of sp³-hybridized carbons (Fsp3) is 0.267. The number of hydrazine groups is 1. The maximum Gasteiger partial charge on any atom is 0.265 e. The Bertz CT molecular complexity index is 495. The van der Waals surface area contributed by atoms with Gasteiger partial charge in [0.1, 0.15) is 6.29 Å². The van der Waals surface area contributed by atoms with E-state index in [9.17, 15) is 14.4 Å². The summed E-state index contributed by atoms with van der Waals surface area (Å²) in [4.78, 5) is 34.1. The molecule has 5 heteroatoms. The highest BCUT2D eigenvalue weighted by Crippen LogP contribution is 2.02. The van der Waals surface area contributed by atoms with Gasteiger partial charge in [-0.05, 0) is 11.6 Å². The highest BCUT2D eigenvalue weighted by molar-refractivity contribution is 5.94. The van der Waals surface area contributed by atoms with Crippen LogP contribution in [-0.2, 0) is 14.4 Å².